The van der Waals surface area contributed by atoms with E-state index >= 15 is 0 Å². The van der Waals surface area contributed by atoms with E-state index in [1.54, 1.807) is 0 Å². The molecule has 0 heterocycles. The molecule has 0 aliphatic rings. The van der Waals surface area contributed by atoms with Crippen LogP contribution < -0.4 is 10.6 Å². The van der Waals surface area contributed by atoms with Crippen LogP contribution in [0.3, 0.4) is 0 Å². The Labute approximate surface area is 138 Å². The summed E-state index contributed by atoms with van der Waals surface area (Å²) in [7, 11) is 0. The first-order chi connectivity index (χ1) is 11.2. The highest BCUT2D eigenvalue weighted by molar-refractivity contribution is 6.32. The Bertz CT molecular complexity index is 796. The van der Waals surface area contributed by atoms with Crippen LogP contribution in [0.5, 0.6) is 0 Å². The van der Waals surface area contributed by atoms with Crippen molar-refractivity contribution in [1.82, 2.24) is 0 Å². The summed E-state index contributed by atoms with van der Waals surface area (Å²) >= 11 is 5.63. The van der Waals surface area contributed by atoms with Crippen molar-refractivity contribution in [1.29, 1.82) is 0 Å². The second-order valence-corrected chi connectivity index (χ2v) is 4.95. The number of rotatable bonds is 3. The Hall–Kier alpha value is -2.81. The first-order valence-corrected chi connectivity index (χ1v) is 6.74. The van der Waals surface area contributed by atoms with Gasteiger partial charge in [0.05, 0.1) is 16.2 Å². The highest BCUT2D eigenvalue weighted by atomic mass is 35.5. The number of nitro groups is 1. The van der Waals surface area contributed by atoms with Gasteiger partial charge in [-0.05, 0) is 24.3 Å². The summed E-state index contributed by atoms with van der Waals surface area (Å²) < 4.78 is 38.6. The SMILES string of the molecule is O=C(Nc1ccc(Cl)c([N+](=O)[O-])c1)Nc1ccccc1C(F)(F)F. The average Bonchev–Trinajstić information content (AvgIpc) is 2.48. The number of nitrogens with one attached hydrogen (secondary N) is 2. The maximum absolute atomic E-state index is 12.9. The number of nitrogens with zero attached hydrogens (tertiary/aromatic N) is 1. The van der Waals surface area contributed by atoms with Crippen LogP contribution in [0.25, 0.3) is 0 Å². The second-order valence-electron chi connectivity index (χ2n) is 4.55. The predicted octanol–water partition coefficient (Wildman–Crippen LogP) is 4.91. The normalized spacial score (nSPS) is 11.0. The van der Waals surface area contributed by atoms with Crippen LogP contribution in [-0.2, 0) is 6.18 Å². The van der Waals surface area contributed by atoms with Crippen molar-refractivity contribution >= 4 is 34.7 Å². The summed E-state index contributed by atoms with van der Waals surface area (Å²) in [5.41, 5.74) is -1.88. The third kappa shape index (κ3) is 4.13. The molecular weight excluding hydrogens is 351 g/mol. The van der Waals surface area contributed by atoms with E-state index in [1.807, 2.05) is 0 Å². The highest BCUT2D eigenvalue weighted by Gasteiger charge is 2.33. The van der Waals surface area contributed by atoms with Crippen LogP contribution in [0.2, 0.25) is 5.02 Å². The van der Waals surface area contributed by atoms with E-state index in [9.17, 15) is 28.1 Å². The van der Waals surface area contributed by atoms with Crippen LogP contribution in [0.1, 0.15) is 5.56 Å². The fourth-order valence-electron chi connectivity index (χ4n) is 1.85. The molecule has 2 aromatic rings. The van der Waals surface area contributed by atoms with E-state index in [-0.39, 0.29) is 10.7 Å². The summed E-state index contributed by atoms with van der Waals surface area (Å²) in [6.07, 6.45) is -4.64. The van der Waals surface area contributed by atoms with Gasteiger partial charge < -0.3 is 10.6 Å². The number of carbonyl (C=O) groups excluding carboxylic acids is 1. The van der Waals surface area contributed by atoms with Crippen molar-refractivity contribution in [3.63, 3.8) is 0 Å². The van der Waals surface area contributed by atoms with E-state index in [1.165, 1.54) is 24.3 Å². The van der Waals surface area contributed by atoms with Crippen molar-refractivity contribution < 1.29 is 22.9 Å². The molecule has 2 aromatic carbocycles. The molecule has 0 saturated carbocycles. The molecule has 0 saturated heterocycles. The minimum atomic E-state index is -4.64. The van der Waals surface area contributed by atoms with Crippen molar-refractivity contribution in [2.75, 3.05) is 10.6 Å². The lowest BCUT2D eigenvalue weighted by molar-refractivity contribution is -0.384. The number of hydrogen-bond donors (Lipinski definition) is 2. The molecule has 0 atom stereocenters. The van der Waals surface area contributed by atoms with Crippen LogP contribution in [-0.4, -0.2) is 11.0 Å². The molecule has 10 heteroatoms. The number of nitro benzene ring substituents is 1. The van der Waals surface area contributed by atoms with Crippen molar-refractivity contribution in [3.05, 3.63) is 63.2 Å². The third-order valence-electron chi connectivity index (χ3n) is 2.88. The van der Waals surface area contributed by atoms with Gasteiger partial charge >= 0.3 is 12.2 Å². The number of benzene rings is 2. The summed E-state index contributed by atoms with van der Waals surface area (Å²) in [5, 5.41) is 14.9. The topological polar surface area (TPSA) is 84.3 Å². The lowest BCUT2D eigenvalue weighted by Crippen LogP contribution is -2.21. The summed E-state index contributed by atoms with van der Waals surface area (Å²) in [5.74, 6) is 0. The number of halogens is 4. The number of anilines is 2. The van der Waals surface area contributed by atoms with Gasteiger partial charge in [-0.25, -0.2) is 4.79 Å². The van der Waals surface area contributed by atoms with Gasteiger partial charge in [0.15, 0.2) is 0 Å². The second kappa shape index (κ2) is 6.75. The van der Waals surface area contributed by atoms with Gasteiger partial charge in [-0.1, -0.05) is 23.7 Å². The van der Waals surface area contributed by atoms with E-state index in [0.29, 0.717) is 0 Å². The lowest BCUT2D eigenvalue weighted by Gasteiger charge is -2.14. The molecule has 6 nitrogen and oxygen atoms in total. The minimum absolute atomic E-state index is 0.00749. The van der Waals surface area contributed by atoms with Gasteiger partial charge in [-0.2, -0.15) is 13.2 Å². The molecule has 0 spiro atoms. The summed E-state index contributed by atoms with van der Waals surface area (Å²) in [6.45, 7) is 0. The van der Waals surface area contributed by atoms with Crippen molar-refractivity contribution in [2.24, 2.45) is 0 Å². The van der Waals surface area contributed by atoms with E-state index < -0.39 is 34.1 Å². The first-order valence-electron chi connectivity index (χ1n) is 6.36. The zero-order chi connectivity index (χ0) is 17.9. The molecule has 126 valence electrons. The number of alkyl halides is 3. The molecule has 0 unspecified atom stereocenters. The third-order valence-corrected chi connectivity index (χ3v) is 3.20. The van der Waals surface area contributed by atoms with Crippen LogP contribution in [0, 0.1) is 10.1 Å². The van der Waals surface area contributed by atoms with Crippen LogP contribution >= 0.6 is 11.6 Å². The molecule has 2 amide bonds. The van der Waals surface area contributed by atoms with Crippen LogP contribution in [0.15, 0.2) is 42.5 Å². The Morgan fingerprint density at radius 2 is 1.79 bits per heavy atom. The van der Waals surface area contributed by atoms with Gasteiger partial charge in [0, 0.05) is 11.8 Å². The standard InChI is InChI=1S/C14H9ClF3N3O3/c15-10-6-5-8(7-12(10)21(23)24)19-13(22)20-11-4-2-1-3-9(11)14(16,17)18/h1-7H,(H2,19,20,22). The molecule has 2 N–H and O–H groups in total. The molecule has 0 aromatic heterocycles. The number of amides is 2. The minimum Gasteiger partial charge on any atom is -0.307 e. The smallest absolute Gasteiger partial charge is 0.307 e. The number of para-hydroxylation sites is 1. The predicted molar refractivity (Wildman–Crippen MR) is 82.2 cm³/mol. The molecule has 0 fully saturated rings. The number of hydrogen-bond acceptors (Lipinski definition) is 3. The van der Waals surface area contributed by atoms with E-state index in [2.05, 4.69) is 10.6 Å². The number of carbonyl (C=O) groups is 1. The Balaban J connectivity index is 2.18. The van der Waals surface area contributed by atoms with Gasteiger partial charge in [0.1, 0.15) is 5.02 Å². The lowest BCUT2D eigenvalue weighted by atomic mass is 10.1. The maximum atomic E-state index is 12.9. The average molecular weight is 360 g/mol. The highest BCUT2D eigenvalue weighted by Crippen LogP contribution is 2.34. The molecular formula is C14H9ClF3N3O3. The quantitative estimate of drug-likeness (QED) is 0.603. The van der Waals surface area contributed by atoms with Gasteiger partial charge in [0.25, 0.3) is 5.69 Å². The largest absolute Gasteiger partial charge is 0.418 e. The van der Waals surface area contributed by atoms with Crippen molar-refractivity contribution in [2.45, 2.75) is 6.18 Å². The monoisotopic (exact) mass is 359 g/mol. The fraction of sp³-hybridized carbons (Fsp3) is 0.0714. The Morgan fingerprint density at radius 1 is 1.12 bits per heavy atom. The molecule has 24 heavy (non-hydrogen) atoms. The fourth-order valence-corrected chi connectivity index (χ4v) is 2.04. The molecule has 0 radical (unpaired) electrons. The van der Waals surface area contributed by atoms with Crippen LogP contribution in [0.4, 0.5) is 35.0 Å². The maximum Gasteiger partial charge on any atom is 0.418 e. The van der Waals surface area contributed by atoms with Crippen molar-refractivity contribution in [3.8, 4) is 0 Å². The Kier molecular flexibility index (Phi) is 4.93. The number of urea groups is 1. The van der Waals surface area contributed by atoms with E-state index in [0.717, 1.165) is 18.2 Å². The molecule has 2 rings (SSSR count). The first kappa shape index (κ1) is 17.5. The molecule has 0 bridgehead atoms. The molecule has 0 aliphatic carbocycles. The van der Waals surface area contributed by atoms with Gasteiger partial charge in [0.2, 0.25) is 0 Å². The van der Waals surface area contributed by atoms with E-state index in [4.69, 9.17) is 11.6 Å². The molecule has 0 aliphatic heterocycles. The summed E-state index contributed by atoms with van der Waals surface area (Å²) in [6, 6.07) is 6.92. The van der Waals surface area contributed by atoms with Gasteiger partial charge in [-0.3, -0.25) is 10.1 Å². The Morgan fingerprint density at radius 3 is 2.42 bits per heavy atom. The summed E-state index contributed by atoms with van der Waals surface area (Å²) in [4.78, 5) is 21.9. The zero-order valence-electron chi connectivity index (χ0n) is 11.7. The van der Waals surface area contributed by atoms with Gasteiger partial charge in [-0.15, -0.1) is 0 Å². The zero-order valence-corrected chi connectivity index (χ0v) is 12.5.